The average Bonchev–Trinajstić information content (AvgIpc) is 2.54. The van der Waals surface area contributed by atoms with Crippen LogP contribution in [0.2, 0.25) is 0 Å². The number of ether oxygens (including phenoxy) is 1. The normalized spacial score (nSPS) is 22.2. The van der Waals surface area contributed by atoms with Crippen LogP contribution >= 0.6 is 0 Å². The van der Waals surface area contributed by atoms with Gasteiger partial charge in [0.1, 0.15) is 0 Å². The third-order valence-corrected chi connectivity index (χ3v) is 4.29. The molecule has 5 heteroatoms. The summed E-state index contributed by atoms with van der Waals surface area (Å²) >= 11 is 0. The van der Waals surface area contributed by atoms with E-state index in [0.717, 1.165) is 24.0 Å². The molecule has 1 unspecified atom stereocenters. The Hall–Kier alpha value is -1.98. The van der Waals surface area contributed by atoms with Crippen molar-refractivity contribution in [1.29, 1.82) is 0 Å². The lowest BCUT2D eigenvalue weighted by Crippen LogP contribution is -2.57. The zero-order valence-electron chi connectivity index (χ0n) is 14.0. The van der Waals surface area contributed by atoms with Gasteiger partial charge in [-0.1, -0.05) is 12.1 Å². The van der Waals surface area contributed by atoms with Gasteiger partial charge in [0.15, 0.2) is 5.60 Å². The summed E-state index contributed by atoms with van der Waals surface area (Å²) in [6.45, 7) is 4.71. The zero-order valence-corrected chi connectivity index (χ0v) is 14.0. The van der Waals surface area contributed by atoms with Crippen LogP contribution in [0.1, 0.15) is 12.5 Å². The predicted octanol–water partition coefficient (Wildman–Crippen LogP) is 1.91. The number of carbonyl (C=O) groups excluding carboxylic acids is 1. The number of hydrogen-bond acceptors (Lipinski definition) is 4. The molecule has 3 rings (SSSR count). The summed E-state index contributed by atoms with van der Waals surface area (Å²) in [5.74, 6) is 0.0184. The number of benzene rings is 1. The largest absolute Gasteiger partial charge is 0.363 e. The van der Waals surface area contributed by atoms with Crippen molar-refractivity contribution in [1.82, 2.24) is 14.8 Å². The molecule has 122 valence electrons. The second kappa shape index (κ2) is 6.26. The molecule has 1 saturated heterocycles. The first-order valence-corrected chi connectivity index (χ1v) is 7.90. The minimum atomic E-state index is -0.764. The molecule has 1 aliphatic heterocycles. The zero-order chi connectivity index (χ0) is 16.4. The Kier molecular flexibility index (Phi) is 4.33. The highest BCUT2D eigenvalue weighted by Crippen LogP contribution is 2.22. The number of nitrogens with zero attached hydrogens (tertiary/aromatic N) is 3. The van der Waals surface area contributed by atoms with Crippen LogP contribution in [0.4, 0.5) is 0 Å². The minimum Gasteiger partial charge on any atom is -0.363 e. The Labute approximate surface area is 136 Å². The summed E-state index contributed by atoms with van der Waals surface area (Å²) in [5, 5.41) is 1.14. The molecule has 0 N–H and O–H groups in total. The Morgan fingerprint density at radius 2 is 2.22 bits per heavy atom. The van der Waals surface area contributed by atoms with Gasteiger partial charge >= 0.3 is 0 Å². The van der Waals surface area contributed by atoms with E-state index in [1.165, 1.54) is 5.56 Å². The molecular formula is C18H23N3O2. The maximum atomic E-state index is 12.4. The maximum absolute atomic E-state index is 12.4. The highest BCUT2D eigenvalue weighted by Gasteiger charge is 2.40. The molecule has 0 bridgehead atoms. The van der Waals surface area contributed by atoms with Gasteiger partial charge in [-0.05, 0) is 30.7 Å². The van der Waals surface area contributed by atoms with Crippen molar-refractivity contribution in [2.75, 3.05) is 33.8 Å². The maximum Gasteiger partial charge on any atom is 0.255 e. The van der Waals surface area contributed by atoms with Gasteiger partial charge in [0.25, 0.3) is 5.91 Å². The summed E-state index contributed by atoms with van der Waals surface area (Å²) in [4.78, 5) is 20.6. The molecule has 1 aliphatic rings. The molecular weight excluding hydrogens is 290 g/mol. The number of likely N-dealkylation sites (N-methyl/N-ethyl adjacent to an activating group) is 1. The Morgan fingerprint density at radius 1 is 1.39 bits per heavy atom. The first-order chi connectivity index (χ1) is 11.0. The van der Waals surface area contributed by atoms with E-state index < -0.39 is 5.60 Å². The van der Waals surface area contributed by atoms with Gasteiger partial charge in [0, 0.05) is 45.3 Å². The van der Waals surface area contributed by atoms with E-state index in [4.69, 9.17) is 4.74 Å². The number of carbonyl (C=O) groups is 1. The molecule has 1 fully saturated rings. The van der Waals surface area contributed by atoms with Crippen molar-refractivity contribution in [2.45, 2.75) is 19.1 Å². The van der Waals surface area contributed by atoms with Gasteiger partial charge in [0.2, 0.25) is 0 Å². The Bertz CT molecular complexity index is 716. The lowest BCUT2D eigenvalue weighted by atomic mass is 10.0. The standard InChI is InChI=1S/C18H23N3O2/c1-18(17(22)20(2)3)13-21(9-10-23-18)12-14-6-7-16-15(11-14)5-4-8-19-16/h4-8,11H,9-10,12-13H2,1-3H3. The summed E-state index contributed by atoms with van der Waals surface area (Å²) in [6.07, 6.45) is 1.81. The lowest BCUT2D eigenvalue weighted by Gasteiger charge is -2.40. The van der Waals surface area contributed by atoms with Crippen molar-refractivity contribution < 1.29 is 9.53 Å². The van der Waals surface area contributed by atoms with Crippen molar-refractivity contribution in [3.8, 4) is 0 Å². The van der Waals surface area contributed by atoms with Gasteiger partial charge in [-0.15, -0.1) is 0 Å². The Morgan fingerprint density at radius 3 is 3.00 bits per heavy atom. The van der Waals surface area contributed by atoms with Gasteiger partial charge in [-0.2, -0.15) is 0 Å². The molecule has 1 atom stereocenters. The fourth-order valence-corrected chi connectivity index (χ4v) is 3.17. The fraction of sp³-hybridized carbons (Fsp3) is 0.444. The number of pyridine rings is 1. The number of rotatable bonds is 3. The summed E-state index contributed by atoms with van der Waals surface area (Å²) in [7, 11) is 3.54. The second-order valence-electron chi connectivity index (χ2n) is 6.52. The van der Waals surface area contributed by atoms with E-state index in [0.29, 0.717) is 13.2 Å². The number of amides is 1. The molecule has 1 aromatic carbocycles. The summed E-state index contributed by atoms with van der Waals surface area (Å²) < 4.78 is 5.78. The number of fused-ring (bicyclic) bond motifs is 1. The van der Waals surface area contributed by atoms with E-state index in [-0.39, 0.29) is 5.91 Å². The molecule has 23 heavy (non-hydrogen) atoms. The van der Waals surface area contributed by atoms with Crippen LogP contribution in [0.15, 0.2) is 36.5 Å². The van der Waals surface area contributed by atoms with Crippen LogP contribution in [0.5, 0.6) is 0 Å². The van der Waals surface area contributed by atoms with Crippen LogP contribution in [-0.2, 0) is 16.1 Å². The van der Waals surface area contributed by atoms with Crippen molar-refractivity contribution in [3.63, 3.8) is 0 Å². The van der Waals surface area contributed by atoms with E-state index >= 15 is 0 Å². The van der Waals surface area contributed by atoms with Crippen LogP contribution < -0.4 is 0 Å². The van der Waals surface area contributed by atoms with Gasteiger partial charge in [-0.25, -0.2) is 0 Å². The number of hydrogen-bond donors (Lipinski definition) is 0. The molecule has 1 aromatic heterocycles. The highest BCUT2D eigenvalue weighted by atomic mass is 16.5. The van der Waals surface area contributed by atoms with Gasteiger partial charge in [0.05, 0.1) is 12.1 Å². The third kappa shape index (κ3) is 3.35. The van der Waals surface area contributed by atoms with Crippen LogP contribution in [0.3, 0.4) is 0 Å². The molecule has 0 aliphatic carbocycles. The monoisotopic (exact) mass is 313 g/mol. The van der Waals surface area contributed by atoms with Crippen molar-refractivity contribution >= 4 is 16.8 Å². The number of morpholine rings is 1. The summed E-state index contributed by atoms with van der Waals surface area (Å²) in [5.41, 5.74) is 1.47. The van der Waals surface area contributed by atoms with E-state index in [9.17, 15) is 4.79 Å². The van der Waals surface area contributed by atoms with Gasteiger partial charge in [-0.3, -0.25) is 14.7 Å². The van der Waals surface area contributed by atoms with Crippen molar-refractivity contribution in [2.24, 2.45) is 0 Å². The van der Waals surface area contributed by atoms with E-state index in [1.54, 1.807) is 19.0 Å². The quantitative estimate of drug-likeness (QED) is 0.868. The molecule has 2 aromatic rings. The molecule has 0 radical (unpaired) electrons. The van der Waals surface area contributed by atoms with Gasteiger partial charge < -0.3 is 9.64 Å². The van der Waals surface area contributed by atoms with Crippen molar-refractivity contribution in [3.05, 3.63) is 42.1 Å². The predicted molar refractivity (Wildman–Crippen MR) is 90.1 cm³/mol. The van der Waals surface area contributed by atoms with E-state index in [1.807, 2.05) is 19.2 Å². The second-order valence-corrected chi connectivity index (χ2v) is 6.52. The first kappa shape index (κ1) is 15.9. The number of aromatic nitrogens is 1. The molecule has 1 amide bonds. The summed E-state index contributed by atoms with van der Waals surface area (Å²) in [6, 6.07) is 10.4. The third-order valence-electron chi connectivity index (χ3n) is 4.29. The molecule has 2 heterocycles. The Balaban J connectivity index is 1.75. The average molecular weight is 313 g/mol. The van der Waals surface area contributed by atoms with Crippen LogP contribution in [-0.4, -0.2) is 60.1 Å². The highest BCUT2D eigenvalue weighted by molar-refractivity contribution is 5.84. The lowest BCUT2D eigenvalue weighted by molar-refractivity contribution is -0.165. The topological polar surface area (TPSA) is 45.7 Å². The minimum absolute atomic E-state index is 0.0184. The molecule has 5 nitrogen and oxygen atoms in total. The SMILES string of the molecule is CN(C)C(=O)C1(C)CN(Cc2ccc3ncccc3c2)CCO1. The van der Waals surface area contributed by atoms with Crippen LogP contribution in [0.25, 0.3) is 10.9 Å². The fourth-order valence-electron chi connectivity index (χ4n) is 3.17. The first-order valence-electron chi connectivity index (χ1n) is 7.90. The smallest absolute Gasteiger partial charge is 0.255 e. The molecule has 0 spiro atoms. The van der Waals surface area contributed by atoms with Crippen LogP contribution in [0, 0.1) is 0 Å². The van der Waals surface area contributed by atoms with E-state index in [2.05, 4.69) is 34.1 Å². The molecule has 0 saturated carbocycles.